The number of anilines is 1. The number of sulfonamides is 1. The van der Waals surface area contributed by atoms with E-state index in [0.29, 0.717) is 12.1 Å². The van der Waals surface area contributed by atoms with Crippen molar-refractivity contribution >= 4 is 27.5 Å². The van der Waals surface area contributed by atoms with Gasteiger partial charge in [0, 0.05) is 19.0 Å². The third-order valence-corrected chi connectivity index (χ3v) is 11.2. The zero-order chi connectivity index (χ0) is 34.3. The quantitative estimate of drug-likeness (QED) is 0.173. The van der Waals surface area contributed by atoms with Gasteiger partial charge in [0.1, 0.15) is 12.6 Å². The van der Waals surface area contributed by atoms with Gasteiger partial charge in [0.15, 0.2) is 0 Å². The predicted octanol–water partition coefficient (Wildman–Crippen LogP) is 7.20. The summed E-state index contributed by atoms with van der Waals surface area (Å²) in [5.41, 5.74) is 5.90. The second kappa shape index (κ2) is 15.6. The smallest absolute Gasteiger partial charge is 0.264 e. The molecule has 5 rings (SSSR count). The van der Waals surface area contributed by atoms with Crippen molar-refractivity contribution in [1.82, 2.24) is 10.2 Å². The Morgan fingerprint density at radius 1 is 0.750 bits per heavy atom. The van der Waals surface area contributed by atoms with Crippen LogP contribution in [0.3, 0.4) is 0 Å². The van der Waals surface area contributed by atoms with Crippen molar-refractivity contribution in [2.24, 2.45) is 0 Å². The molecule has 48 heavy (non-hydrogen) atoms. The van der Waals surface area contributed by atoms with Crippen LogP contribution in [0.25, 0.3) is 0 Å². The van der Waals surface area contributed by atoms with Crippen molar-refractivity contribution in [3.63, 3.8) is 0 Å². The van der Waals surface area contributed by atoms with Gasteiger partial charge in [-0.25, -0.2) is 8.42 Å². The van der Waals surface area contributed by atoms with E-state index >= 15 is 0 Å². The molecule has 1 saturated carbocycles. The van der Waals surface area contributed by atoms with Crippen LogP contribution < -0.4 is 9.62 Å². The van der Waals surface area contributed by atoms with Gasteiger partial charge in [0.25, 0.3) is 10.0 Å². The number of rotatable bonds is 12. The Balaban J connectivity index is 1.58. The van der Waals surface area contributed by atoms with Crippen molar-refractivity contribution in [2.75, 3.05) is 10.8 Å². The molecule has 4 aromatic rings. The van der Waals surface area contributed by atoms with E-state index in [9.17, 15) is 18.0 Å². The first-order valence-corrected chi connectivity index (χ1v) is 18.3. The maximum absolute atomic E-state index is 14.8. The summed E-state index contributed by atoms with van der Waals surface area (Å²) < 4.78 is 30.0. The van der Waals surface area contributed by atoms with Gasteiger partial charge in [-0.1, -0.05) is 109 Å². The Hall–Kier alpha value is -4.43. The lowest BCUT2D eigenvalue weighted by atomic mass is 9.94. The highest BCUT2D eigenvalue weighted by Gasteiger charge is 2.36. The van der Waals surface area contributed by atoms with Crippen LogP contribution in [-0.4, -0.2) is 43.8 Å². The van der Waals surface area contributed by atoms with Gasteiger partial charge in [-0.15, -0.1) is 0 Å². The number of carbonyl (C=O) groups is 2. The van der Waals surface area contributed by atoms with Crippen LogP contribution in [0, 0.1) is 27.7 Å². The van der Waals surface area contributed by atoms with Gasteiger partial charge < -0.3 is 10.2 Å². The number of benzene rings is 4. The Labute approximate surface area is 286 Å². The van der Waals surface area contributed by atoms with Crippen molar-refractivity contribution in [3.05, 3.63) is 130 Å². The van der Waals surface area contributed by atoms with E-state index in [0.717, 1.165) is 65.5 Å². The average molecular weight is 666 g/mol. The van der Waals surface area contributed by atoms with Crippen molar-refractivity contribution in [2.45, 2.75) is 89.7 Å². The average Bonchev–Trinajstić information content (AvgIpc) is 3.08. The van der Waals surface area contributed by atoms with E-state index in [1.165, 1.54) is 4.31 Å². The largest absolute Gasteiger partial charge is 0.352 e. The minimum absolute atomic E-state index is 0.0502. The first kappa shape index (κ1) is 34.9. The van der Waals surface area contributed by atoms with Crippen LogP contribution in [0.2, 0.25) is 0 Å². The van der Waals surface area contributed by atoms with Crippen molar-refractivity contribution < 1.29 is 18.0 Å². The third kappa shape index (κ3) is 8.53. The summed E-state index contributed by atoms with van der Waals surface area (Å²) >= 11 is 0. The first-order chi connectivity index (χ1) is 23.0. The topological polar surface area (TPSA) is 86.8 Å². The summed E-state index contributed by atoms with van der Waals surface area (Å²) in [6, 6.07) is 28.9. The Bertz CT molecular complexity index is 1800. The van der Waals surface area contributed by atoms with Crippen LogP contribution in [0.4, 0.5) is 5.69 Å². The predicted molar refractivity (Wildman–Crippen MR) is 192 cm³/mol. The normalized spacial score (nSPS) is 14.2. The number of hydrogen-bond donors (Lipinski definition) is 1. The molecule has 252 valence electrons. The fraction of sp³-hybridized carbons (Fsp3) is 0.350. The molecule has 0 saturated heterocycles. The number of nitrogens with zero attached hydrogens (tertiary/aromatic N) is 2. The fourth-order valence-electron chi connectivity index (χ4n) is 6.35. The lowest BCUT2D eigenvalue weighted by molar-refractivity contribution is -0.140. The molecule has 1 atom stereocenters. The lowest BCUT2D eigenvalue weighted by Gasteiger charge is -2.35. The second-order valence-electron chi connectivity index (χ2n) is 13.1. The van der Waals surface area contributed by atoms with Crippen molar-refractivity contribution in [3.8, 4) is 0 Å². The molecular weight excluding hydrogens is 619 g/mol. The molecule has 1 aliphatic rings. The van der Waals surface area contributed by atoms with Gasteiger partial charge in [0.2, 0.25) is 11.8 Å². The zero-order valence-corrected chi connectivity index (χ0v) is 29.3. The van der Waals surface area contributed by atoms with Crippen LogP contribution in [0.15, 0.2) is 102 Å². The second-order valence-corrected chi connectivity index (χ2v) is 15.0. The Kier molecular flexibility index (Phi) is 11.4. The summed E-state index contributed by atoms with van der Waals surface area (Å²) in [7, 11) is -4.16. The lowest BCUT2D eigenvalue weighted by Crippen LogP contribution is -2.55. The molecule has 1 N–H and O–H groups in total. The number of carbonyl (C=O) groups excluding carboxylic acids is 2. The molecule has 4 aromatic carbocycles. The molecule has 8 heteroatoms. The minimum atomic E-state index is -4.16. The van der Waals surface area contributed by atoms with Gasteiger partial charge in [-0.2, -0.15) is 0 Å². The van der Waals surface area contributed by atoms with Gasteiger partial charge in [0.05, 0.1) is 10.6 Å². The summed E-state index contributed by atoms with van der Waals surface area (Å²) in [5, 5.41) is 3.27. The summed E-state index contributed by atoms with van der Waals surface area (Å²) in [6.07, 6.45) is 5.38. The number of amides is 2. The monoisotopic (exact) mass is 665 g/mol. The molecule has 0 spiro atoms. The highest BCUT2D eigenvalue weighted by Crippen LogP contribution is 2.30. The zero-order valence-electron chi connectivity index (χ0n) is 28.5. The van der Waals surface area contributed by atoms with E-state index < -0.39 is 28.5 Å². The highest BCUT2D eigenvalue weighted by molar-refractivity contribution is 7.92. The molecule has 0 aliphatic heterocycles. The molecule has 1 aliphatic carbocycles. The standard InChI is InChI=1S/C40H47N3O4S/c1-29-18-22-34(23-19-29)27-42(38(26-33-13-7-5-8-14-33)40(45)41-35-15-9-6-10-16-35)39(44)28-43(37-17-11-12-31(3)32(37)4)48(46,47)36-24-20-30(2)21-25-36/h5,7-8,11-14,17-25,35,38H,6,9-10,15-16,26-28H2,1-4H3,(H,41,45)/t38-/m1/s1. The first-order valence-electron chi connectivity index (χ1n) is 16.9. The maximum Gasteiger partial charge on any atom is 0.264 e. The Morgan fingerprint density at radius 2 is 1.38 bits per heavy atom. The minimum Gasteiger partial charge on any atom is -0.352 e. The number of nitrogens with one attached hydrogen (secondary N) is 1. The van der Waals surface area contributed by atoms with E-state index in [1.54, 1.807) is 41.3 Å². The number of hydrogen-bond acceptors (Lipinski definition) is 4. The van der Waals surface area contributed by atoms with Crippen LogP contribution >= 0.6 is 0 Å². The van der Waals surface area contributed by atoms with Crippen LogP contribution in [0.5, 0.6) is 0 Å². The van der Waals surface area contributed by atoms with E-state index in [2.05, 4.69) is 5.32 Å². The van der Waals surface area contributed by atoms with E-state index in [4.69, 9.17) is 0 Å². The third-order valence-electron chi connectivity index (χ3n) is 9.43. The molecule has 0 unspecified atom stereocenters. The molecule has 1 fully saturated rings. The van der Waals surface area contributed by atoms with E-state index in [-0.39, 0.29) is 23.4 Å². The van der Waals surface area contributed by atoms with Crippen molar-refractivity contribution in [1.29, 1.82) is 0 Å². The fourth-order valence-corrected chi connectivity index (χ4v) is 7.82. The SMILES string of the molecule is Cc1ccc(CN(C(=O)CN(c2cccc(C)c2C)S(=O)(=O)c2ccc(C)cc2)[C@H](Cc2ccccc2)C(=O)NC2CCCCC2)cc1. The molecule has 0 aromatic heterocycles. The van der Waals surface area contributed by atoms with Gasteiger partial charge in [-0.05, 0) is 81.0 Å². The molecular formula is C40H47N3O4S. The molecule has 0 heterocycles. The molecule has 0 radical (unpaired) electrons. The molecule has 7 nitrogen and oxygen atoms in total. The van der Waals surface area contributed by atoms with Gasteiger partial charge >= 0.3 is 0 Å². The van der Waals surface area contributed by atoms with Crippen LogP contribution in [0.1, 0.15) is 65.5 Å². The van der Waals surface area contributed by atoms with E-state index in [1.807, 2.05) is 88.4 Å². The van der Waals surface area contributed by atoms with Crippen LogP contribution in [-0.2, 0) is 32.6 Å². The molecule has 0 bridgehead atoms. The number of aryl methyl sites for hydroxylation is 3. The summed E-state index contributed by atoms with van der Waals surface area (Å²) in [5.74, 6) is -0.669. The van der Waals surface area contributed by atoms with Gasteiger partial charge in [-0.3, -0.25) is 13.9 Å². The summed E-state index contributed by atoms with van der Waals surface area (Å²) in [6.45, 7) is 7.38. The maximum atomic E-state index is 14.8. The highest BCUT2D eigenvalue weighted by atomic mass is 32.2. The summed E-state index contributed by atoms with van der Waals surface area (Å²) in [4.78, 5) is 30.8. The molecule has 2 amide bonds. The Morgan fingerprint density at radius 3 is 2.02 bits per heavy atom.